The molecule has 1 fully saturated rings. The summed E-state index contributed by atoms with van der Waals surface area (Å²) in [5, 5.41) is 9.67. The second-order valence-corrected chi connectivity index (χ2v) is 6.34. The molecule has 0 spiro atoms. The summed E-state index contributed by atoms with van der Waals surface area (Å²) < 4.78 is 0. The van der Waals surface area contributed by atoms with E-state index in [0.717, 1.165) is 36.5 Å². The highest BCUT2D eigenvalue weighted by atomic mass is 35.5. The van der Waals surface area contributed by atoms with Crippen molar-refractivity contribution in [2.75, 3.05) is 13.1 Å². The van der Waals surface area contributed by atoms with Crippen LogP contribution in [0.1, 0.15) is 23.3 Å². The van der Waals surface area contributed by atoms with Gasteiger partial charge in [0.2, 0.25) is 0 Å². The van der Waals surface area contributed by atoms with E-state index < -0.39 is 0 Å². The first-order chi connectivity index (χ1) is 10.2. The highest BCUT2D eigenvalue weighted by Gasteiger charge is 2.18. The van der Waals surface area contributed by atoms with E-state index in [0.29, 0.717) is 10.7 Å². The summed E-state index contributed by atoms with van der Waals surface area (Å²) >= 11 is 7.35. The zero-order chi connectivity index (χ0) is 14.7. The summed E-state index contributed by atoms with van der Waals surface area (Å²) in [6.07, 6.45) is 1.94. The zero-order valence-corrected chi connectivity index (χ0v) is 15.5. The van der Waals surface area contributed by atoms with Crippen LogP contribution in [-0.4, -0.2) is 30.0 Å². The monoisotopic (exact) mass is 393 g/mol. The number of nitrogens with zero attached hydrogens (tertiary/aromatic N) is 1. The molecule has 0 aliphatic carbocycles. The number of carbonyl (C=O) groups is 1. The van der Waals surface area contributed by atoms with Crippen molar-refractivity contribution in [3.63, 3.8) is 0 Å². The van der Waals surface area contributed by atoms with Gasteiger partial charge in [-0.1, -0.05) is 23.7 Å². The van der Waals surface area contributed by atoms with Gasteiger partial charge in [0.1, 0.15) is 10.7 Å². The molecule has 1 aromatic carbocycles. The van der Waals surface area contributed by atoms with Crippen LogP contribution in [0.3, 0.4) is 0 Å². The summed E-state index contributed by atoms with van der Waals surface area (Å²) in [4.78, 5) is 16.6. The zero-order valence-electron chi connectivity index (χ0n) is 12.3. The normalized spacial score (nSPS) is 14.5. The first-order valence-corrected chi connectivity index (χ1v) is 8.21. The molecule has 8 heteroatoms. The Bertz CT molecular complexity index is 627. The lowest BCUT2D eigenvalue weighted by atomic mass is 10.1. The van der Waals surface area contributed by atoms with Gasteiger partial charge in [-0.3, -0.25) is 4.79 Å². The smallest absolute Gasteiger partial charge is 0.270 e. The molecule has 126 valence electrons. The molecule has 1 amide bonds. The Balaban J connectivity index is 0.00000132. The summed E-state index contributed by atoms with van der Waals surface area (Å²) in [5.74, 6) is -0.0848. The van der Waals surface area contributed by atoms with Crippen LogP contribution in [0.5, 0.6) is 0 Å². The number of hydrogen-bond acceptors (Lipinski definition) is 4. The molecule has 0 atom stereocenters. The number of aromatic nitrogens is 1. The van der Waals surface area contributed by atoms with Crippen molar-refractivity contribution in [3.05, 3.63) is 40.4 Å². The minimum absolute atomic E-state index is 0. The van der Waals surface area contributed by atoms with E-state index in [-0.39, 0.29) is 36.8 Å². The number of thiazole rings is 1. The van der Waals surface area contributed by atoms with Crippen molar-refractivity contribution in [1.29, 1.82) is 0 Å². The van der Waals surface area contributed by atoms with Crippen molar-refractivity contribution < 1.29 is 4.79 Å². The molecule has 2 heterocycles. The molecule has 1 saturated heterocycles. The third-order valence-corrected chi connectivity index (χ3v) is 4.65. The highest BCUT2D eigenvalue weighted by Crippen LogP contribution is 2.25. The van der Waals surface area contributed by atoms with Crippen LogP contribution in [0.2, 0.25) is 5.02 Å². The van der Waals surface area contributed by atoms with E-state index in [4.69, 9.17) is 11.6 Å². The Labute approximate surface area is 156 Å². The van der Waals surface area contributed by atoms with Crippen LogP contribution in [-0.2, 0) is 0 Å². The Morgan fingerprint density at radius 3 is 2.52 bits per heavy atom. The van der Waals surface area contributed by atoms with Crippen LogP contribution in [0, 0.1) is 0 Å². The predicted molar refractivity (Wildman–Crippen MR) is 100 cm³/mol. The Hall–Kier alpha value is -0.850. The van der Waals surface area contributed by atoms with Gasteiger partial charge in [0, 0.05) is 22.0 Å². The minimum Gasteiger partial charge on any atom is -0.348 e. The standard InChI is InChI=1S/C15H16ClN3OS.2ClH/c16-11-3-1-10(2-4-11)15-19-13(9-21-15)14(20)18-12-5-7-17-8-6-12;;/h1-4,9,12,17H,5-8H2,(H,18,20);2*1H. The quantitative estimate of drug-likeness (QED) is 0.833. The van der Waals surface area contributed by atoms with E-state index in [2.05, 4.69) is 15.6 Å². The van der Waals surface area contributed by atoms with Gasteiger partial charge >= 0.3 is 0 Å². The molecule has 4 nitrogen and oxygen atoms in total. The predicted octanol–water partition coefficient (Wildman–Crippen LogP) is 3.79. The molecular weight excluding hydrogens is 377 g/mol. The maximum atomic E-state index is 12.2. The summed E-state index contributed by atoms with van der Waals surface area (Å²) in [7, 11) is 0. The SMILES string of the molecule is Cl.Cl.O=C(NC1CCNCC1)c1csc(-c2ccc(Cl)cc2)n1. The fourth-order valence-corrected chi connectivity index (χ4v) is 3.26. The molecule has 0 radical (unpaired) electrons. The highest BCUT2D eigenvalue weighted by molar-refractivity contribution is 7.13. The third-order valence-electron chi connectivity index (χ3n) is 3.50. The average molecular weight is 395 g/mol. The molecule has 0 saturated carbocycles. The molecule has 0 unspecified atom stereocenters. The Morgan fingerprint density at radius 1 is 1.22 bits per heavy atom. The van der Waals surface area contributed by atoms with E-state index in [9.17, 15) is 4.79 Å². The van der Waals surface area contributed by atoms with Crippen LogP contribution < -0.4 is 10.6 Å². The minimum atomic E-state index is -0.0848. The number of nitrogens with one attached hydrogen (secondary N) is 2. The Morgan fingerprint density at radius 2 is 1.87 bits per heavy atom. The van der Waals surface area contributed by atoms with Gasteiger partial charge in [-0.2, -0.15) is 0 Å². The van der Waals surface area contributed by atoms with Gasteiger partial charge in [-0.25, -0.2) is 4.98 Å². The lowest BCUT2D eigenvalue weighted by molar-refractivity contribution is 0.0925. The topological polar surface area (TPSA) is 54.0 Å². The van der Waals surface area contributed by atoms with E-state index in [1.54, 1.807) is 5.38 Å². The second-order valence-electron chi connectivity index (χ2n) is 5.04. The number of halogens is 3. The summed E-state index contributed by atoms with van der Waals surface area (Å²) in [5.41, 5.74) is 1.47. The second kappa shape index (κ2) is 9.45. The molecule has 23 heavy (non-hydrogen) atoms. The maximum absolute atomic E-state index is 12.2. The number of hydrogen-bond donors (Lipinski definition) is 2. The fourth-order valence-electron chi connectivity index (χ4n) is 2.33. The number of rotatable bonds is 3. The largest absolute Gasteiger partial charge is 0.348 e. The van der Waals surface area contributed by atoms with Crippen molar-refractivity contribution in [1.82, 2.24) is 15.6 Å². The number of amides is 1. The average Bonchev–Trinajstić information content (AvgIpc) is 2.99. The molecule has 0 bridgehead atoms. The number of carbonyl (C=O) groups excluding carboxylic acids is 1. The van der Waals surface area contributed by atoms with Gasteiger partial charge in [-0.05, 0) is 38.1 Å². The molecule has 2 aromatic rings. The summed E-state index contributed by atoms with van der Waals surface area (Å²) in [6.45, 7) is 1.91. The molecule has 2 N–H and O–H groups in total. The van der Waals surface area contributed by atoms with Gasteiger partial charge in [0.05, 0.1) is 0 Å². The van der Waals surface area contributed by atoms with Crippen LogP contribution in [0.15, 0.2) is 29.6 Å². The van der Waals surface area contributed by atoms with E-state index in [1.165, 1.54) is 11.3 Å². The molecule has 1 aromatic heterocycles. The van der Waals surface area contributed by atoms with Crippen LogP contribution in [0.4, 0.5) is 0 Å². The van der Waals surface area contributed by atoms with Crippen molar-refractivity contribution in [3.8, 4) is 10.6 Å². The lowest BCUT2D eigenvalue weighted by Gasteiger charge is -2.23. The fraction of sp³-hybridized carbons (Fsp3) is 0.333. The van der Waals surface area contributed by atoms with Crippen LogP contribution in [0.25, 0.3) is 10.6 Å². The van der Waals surface area contributed by atoms with Crippen molar-refractivity contribution >= 4 is 53.7 Å². The van der Waals surface area contributed by atoms with Crippen molar-refractivity contribution in [2.24, 2.45) is 0 Å². The first kappa shape index (κ1) is 20.2. The first-order valence-electron chi connectivity index (χ1n) is 6.95. The van der Waals surface area contributed by atoms with E-state index in [1.807, 2.05) is 24.3 Å². The van der Waals surface area contributed by atoms with Gasteiger partial charge in [-0.15, -0.1) is 36.2 Å². The molecule has 1 aliphatic rings. The Kier molecular flexibility index (Phi) is 8.29. The molecule has 3 rings (SSSR count). The number of benzene rings is 1. The molecular formula is C15H18Cl3N3OS. The van der Waals surface area contributed by atoms with Gasteiger partial charge in [0.15, 0.2) is 0 Å². The van der Waals surface area contributed by atoms with Gasteiger partial charge < -0.3 is 10.6 Å². The summed E-state index contributed by atoms with van der Waals surface area (Å²) in [6, 6.07) is 7.73. The third kappa shape index (κ3) is 5.33. The van der Waals surface area contributed by atoms with E-state index >= 15 is 0 Å². The van der Waals surface area contributed by atoms with Gasteiger partial charge in [0.25, 0.3) is 5.91 Å². The van der Waals surface area contributed by atoms with Crippen molar-refractivity contribution in [2.45, 2.75) is 18.9 Å². The van der Waals surface area contributed by atoms with Crippen LogP contribution >= 0.6 is 47.8 Å². The molecule has 1 aliphatic heterocycles. The number of piperidine rings is 1. The lowest BCUT2D eigenvalue weighted by Crippen LogP contribution is -2.42. The maximum Gasteiger partial charge on any atom is 0.270 e.